The molecule has 0 saturated heterocycles. The lowest BCUT2D eigenvalue weighted by molar-refractivity contribution is 1.07. The molecule has 10 rings (SSSR count). The molecule has 10 aromatic rings. The van der Waals surface area contributed by atoms with Gasteiger partial charge in [-0.25, -0.2) is 34.9 Å². The van der Waals surface area contributed by atoms with Crippen molar-refractivity contribution in [2.45, 2.75) is 0 Å². The van der Waals surface area contributed by atoms with Crippen molar-refractivity contribution in [1.29, 1.82) is 0 Å². The second kappa shape index (κ2) is 15.2. The molecule has 0 aliphatic heterocycles. The topological polar surface area (TPSA) is 90.2 Å². The van der Waals surface area contributed by atoms with Crippen LogP contribution in [-0.2, 0) is 0 Å². The van der Waals surface area contributed by atoms with E-state index in [0.717, 1.165) is 66.7 Å². The number of aromatic nitrogens is 7. The molecule has 3 aromatic heterocycles. The molecule has 7 heteroatoms. The van der Waals surface area contributed by atoms with E-state index >= 15 is 0 Å². The summed E-state index contributed by atoms with van der Waals surface area (Å²) in [6.45, 7) is 0. The Morgan fingerprint density at radius 1 is 0.207 bits per heavy atom. The molecule has 0 N–H and O–H groups in total. The van der Waals surface area contributed by atoms with E-state index in [9.17, 15) is 0 Å². The highest BCUT2D eigenvalue weighted by atomic mass is 15.0. The third kappa shape index (κ3) is 7.00. The first-order valence-corrected chi connectivity index (χ1v) is 19.1. The maximum absolute atomic E-state index is 5.23. The lowest BCUT2D eigenvalue weighted by Crippen LogP contribution is -2.00. The molecule has 0 aliphatic carbocycles. The van der Waals surface area contributed by atoms with Gasteiger partial charge in [0.1, 0.15) is 0 Å². The maximum Gasteiger partial charge on any atom is 0.164 e. The molecule has 0 atom stereocenters. The van der Waals surface area contributed by atoms with Crippen molar-refractivity contribution in [3.8, 4) is 90.7 Å². The van der Waals surface area contributed by atoms with Crippen molar-refractivity contribution < 1.29 is 0 Å². The molecule has 7 nitrogen and oxygen atoms in total. The smallest absolute Gasteiger partial charge is 0.164 e. The van der Waals surface area contributed by atoms with Crippen molar-refractivity contribution >= 4 is 10.9 Å². The van der Waals surface area contributed by atoms with Crippen LogP contribution in [0.3, 0.4) is 0 Å². The van der Waals surface area contributed by atoms with Gasteiger partial charge in [-0.1, -0.05) is 194 Å². The monoisotopic (exact) mass is 743 g/mol. The van der Waals surface area contributed by atoms with Crippen molar-refractivity contribution in [2.75, 3.05) is 0 Å². The normalized spacial score (nSPS) is 11.1. The number of para-hydroxylation sites is 1. The first kappa shape index (κ1) is 34.5. The summed E-state index contributed by atoms with van der Waals surface area (Å²) in [7, 11) is 0. The van der Waals surface area contributed by atoms with Crippen LogP contribution in [0.5, 0.6) is 0 Å². The van der Waals surface area contributed by atoms with Crippen LogP contribution in [0.25, 0.3) is 102 Å². The number of fused-ring (bicyclic) bond motifs is 1. The van der Waals surface area contributed by atoms with Gasteiger partial charge in [0.2, 0.25) is 0 Å². The largest absolute Gasteiger partial charge is 0.247 e. The quantitative estimate of drug-likeness (QED) is 0.153. The Bertz CT molecular complexity index is 2900. The Kier molecular flexibility index (Phi) is 9.06. The Hall–Kier alpha value is -8.03. The van der Waals surface area contributed by atoms with Crippen LogP contribution in [0, 0.1) is 0 Å². The molecule has 0 bridgehead atoms. The standard InChI is InChI=1S/C51H33N7/c1-5-14-37(15-6-1)46-53-47(38-16-7-2-8-17-38)56-50(55-46)41-28-24-34(25-29-41)43-23-13-22-36-32-33-44(52-45(36)43)35-26-30-42(31-27-35)51-57-48(39-18-9-3-10-19-39)54-49(58-51)40-20-11-4-12-21-40/h1-33H. The van der Waals surface area contributed by atoms with E-state index < -0.39 is 0 Å². The second-order valence-corrected chi connectivity index (χ2v) is 13.8. The summed E-state index contributed by atoms with van der Waals surface area (Å²) < 4.78 is 0. The van der Waals surface area contributed by atoms with Gasteiger partial charge in [0.15, 0.2) is 34.9 Å². The molecular formula is C51H33N7. The number of rotatable bonds is 8. The molecule has 0 spiro atoms. The molecular weight excluding hydrogens is 711 g/mol. The molecule has 0 fully saturated rings. The Labute approximate surface area is 335 Å². The van der Waals surface area contributed by atoms with Crippen molar-refractivity contribution in [2.24, 2.45) is 0 Å². The van der Waals surface area contributed by atoms with E-state index in [1.54, 1.807) is 0 Å². The SMILES string of the molecule is c1ccc(-c2nc(-c3ccccc3)nc(-c3ccc(-c4ccc5cccc(-c6ccc(-c7nc(-c8ccccc8)nc(-c8ccccc8)n7)cc6)c5n4)cc3)n2)cc1. The molecule has 3 heterocycles. The maximum atomic E-state index is 5.23. The summed E-state index contributed by atoms with van der Waals surface area (Å²) in [6, 6.07) is 67.2. The second-order valence-electron chi connectivity index (χ2n) is 13.8. The summed E-state index contributed by atoms with van der Waals surface area (Å²) in [5.41, 5.74) is 10.4. The zero-order chi connectivity index (χ0) is 38.7. The van der Waals surface area contributed by atoms with E-state index in [-0.39, 0.29) is 0 Å². The Morgan fingerprint density at radius 3 is 0.914 bits per heavy atom. The fourth-order valence-corrected chi connectivity index (χ4v) is 7.01. The van der Waals surface area contributed by atoms with Crippen LogP contribution in [0.4, 0.5) is 0 Å². The van der Waals surface area contributed by atoms with Gasteiger partial charge in [-0.05, 0) is 11.6 Å². The van der Waals surface area contributed by atoms with E-state index in [2.05, 4.69) is 78.9 Å². The third-order valence-corrected chi connectivity index (χ3v) is 10.0. The molecule has 0 amide bonds. The average Bonchev–Trinajstić information content (AvgIpc) is 3.32. The predicted octanol–water partition coefficient (Wildman–Crippen LogP) is 11.9. The van der Waals surface area contributed by atoms with Gasteiger partial charge in [0.25, 0.3) is 0 Å². The molecule has 58 heavy (non-hydrogen) atoms. The van der Waals surface area contributed by atoms with Gasteiger partial charge >= 0.3 is 0 Å². The van der Waals surface area contributed by atoms with E-state index in [1.807, 2.05) is 121 Å². The van der Waals surface area contributed by atoms with E-state index in [0.29, 0.717) is 34.9 Å². The molecule has 7 aromatic carbocycles. The van der Waals surface area contributed by atoms with Crippen LogP contribution >= 0.6 is 0 Å². The van der Waals surface area contributed by atoms with Gasteiger partial charge < -0.3 is 0 Å². The molecule has 0 saturated carbocycles. The van der Waals surface area contributed by atoms with Crippen LogP contribution in [-0.4, -0.2) is 34.9 Å². The Morgan fingerprint density at radius 2 is 0.534 bits per heavy atom. The summed E-state index contributed by atoms with van der Waals surface area (Å²) >= 11 is 0. The highest BCUT2D eigenvalue weighted by Gasteiger charge is 2.15. The summed E-state index contributed by atoms with van der Waals surface area (Å²) in [6.07, 6.45) is 0. The fourth-order valence-electron chi connectivity index (χ4n) is 7.01. The molecule has 0 aliphatic rings. The first-order chi connectivity index (χ1) is 28.7. The number of nitrogens with zero attached hydrogens (tertiary/aromatic N) is 7. The van der Waals surface area contributed by atoms with Gasteiger partial charge in [-0.2, -0.15) is 0 Å². The molecule has 0 unspecified atom stereocenters. The predicted molar refractivity (Wildman–Crippen MR) is 232 cm³/mol. The number of benzene rings is 7. The zero-order valence-electron chi connectivity index (χ0n) is 31.2. The minimum Gasteiger partial charge on any atom is -0.247 e. The number of pyridine rings is 1. The van der Waals surface area contributed by atoms with Crippen LogP contribution in [0.2, 0.25) is 0 Å². The first-order valence-electron chi connectivity index (χ1n) is 19.1. The minimum absolute atomic E-state index is 0.612. The van der Waals surface area contributed by atoms with Crippen LogP contribution < -0.4 is 0 Å². The number of hydrogen-bond donors (Lipinski definition) is 0. The number of hydrogen-bond acceptors (Lipinski definition) is 7. The van der Waals surface area contributed by atoms with Crippen LogP contribution in [0.15, 0.2) is 200 Å². The van der Waals surface area contributed by atoms with E-state index in [1.165, 1.54) is 0 Å². The fraction of sp³-hybridized carbons (Fsp3) is 0. The molecule has 0 radical (unpaired) electrons. The minimum atomic E-state index is 0.612. The van der Waals surface area contributed by atoms with Crippen molar-refractivity contribution in [1.82, 2.24) is 34.9 Å². The summed E-state index contributed by atoms with van der Waals surface area (Å²) in [4.78, 5) is 34.5. The Balaban J connectivity index is 0.976. The third-order valence-electron chi connectivity index (χ3n) is 10.0. The van der Waals surface area contributed by atoms with E-state index in [4.69, 9.17) is 34.9 Å². The highest BCUT2D eigenvalue weighted by Crippen LogP contribution is 2.33. The van der Waals surface area contributed by atoms with Crippen molar-refractivity contribution in [3.63, 3.8) is 0 Å². The highest BCUT2D eigenvalue weighted by molar-refractivity contribution is 5.95. The van der Waals surface area contributed by atoms with Gasteiger partial charge in [0, 0.05) is 49.9 Å². The lowest BCUT2D eigenvalue weighted by Gasteiger charge is -2.11. The summed E-state index contributed by atoms with van der Waals surface area (Å²) in [5, 5.41) is 1.06. The van der Waals surface area contributed by atoms with Crippen LogP contribution in [0.1, 0.15) is 0 Å². The van der Waals surface area contributed by atoms with Gasteiger partial charge in [-0.3, -0.25) is 0 Å². The summed E-state index contributed by atoms with van der Waals surface area (Å²) in [5.74, 6) is 3.76. The average molecular weight is 744 g/mol. The lowest BCUT2D eigenvalue weighted by atomic mass is 9.99. The molecule has 272 valence electrons. The van der Waals surface area contributed by atoms with Gasteiger partial charge in [0.05, 0.1) is 11.2 Å². The zero-order valence-corrected chi connectivity index (χ0v) is 31.2. The van der Waals surface area contributed by atoms with Gasteiger partial charge in [-0.15, -0.1) is 0 Å². The van der Waals surface area contributed by atoms with Crippen molar-refractivity contribution in [3.05, 3.63) is 200 Å².